The Morgan fingerprint density at radius 2 is 1.80 bits per heavy atom. The van der Waals surface area contributed by atoms with Gasteiger partial charge in [0.15, 0.2) is 0 Å². The zero-order valence-electron chi connectivity index (χ0n) is 13.2. The fourth-order valence-corrected chi connectivity index (χ4v) is 3.48. The molecule has 0 bridgehead atoms. The van der Waals surface area contributed by atoms with Crippen LogP contribution in [-0.2, 0) is 9.53 Å². The molecule has 0 spiro atoms. The number of carbonyl (C=O) groups is 1. The fraction of sp³-hybridized carbons (Fsp3) is 0.933. The first-order chi connectivity index (χ1) is 9.38. The van der Waals surface area contributed by atoms with Gasteiger partial charge >= 0.3 is 0 Å². The molecule has 0 radical (unpaired) electrons. The van der Waals surface area contributed by atoms with Crippen LogP contribution in [0.3, 0.4) is 0 Å². The van der Waals surface area contributed by atoms with Gasteiger partial charge < -0.3 is 15.4 Å². The molecule has 0 aromatic carbocycles. The van der Waals surface area contributed by atoms with Crippen LogP contribution >= 0.6 is 0 Å². The van der Waals surface area contributed by atoms with Crippen molar-refractivity contribution in [1.29, 1.82) is 0 Å². The lowest BCUT2D eigenvalue weighted by Crippen LogP contribution is -2.57. The molecule has 2 aliphatic heterocycles. The highest BCUT2D eigenvalue weighted by atomic mass is 16.5. The van der Waals surface area contributed by atoms with Gasteiger partial charge in [-0.2, -0.15) is 0 Å². The van der Waals surface area contributed by atoms with Crippen LogP contribution in [0.4, 0.5) is 0 Å². The molecule has 5 heteroatoms. The second kappa shape index (κ2) is 6.41. The Labute approximate surface area is 122 Å². The molecular weight excluding hydrogens is 254 g/mol. The zero-order chi connectivity index (χ0) is 14.9. The van der Waals surface area contributed by atoms with Gasteiger partial charge in [-0.25, -0.2) is 0 Å². The van der Waals surface area contributed by atoms with Crippen molar-refractivity contribution in [2.45, 2.75) is 58.4 Å². The first-order valence-corrected chi connectivity index (χ1v) is 7.82. The smallest absolute Gasteiger partial charge is 0.240 e. The molecule has 0 aromatic heterocycles. The van der Waals surface area contributed by atoms with Crippen molar-refractivity contribution in [3.63, 3.8) is 0 Å². The third-order valence-electron chi connectivity index (χ3n) is 4.26. The second-order valence-electron chi connectivity index (χ2n) is 6.73. The molecule has 0 saturated carbocycles. The molecular formula is C15H29N3O2. The van der Waals surface area contributed by atoms with E-state index < -0.39 is 0 Å². The van der Waals surface area contributed by atoms with Gasteiger partial charge in [-0.3, -0.25) is 9.69 Å². The van der Waals surface area contributed by atoms with E-state index in [4.69, 9.17) is 10.5 Å². The average molecular weight is 283 g/mol. The van der Waals surface area contributed by atoms with E-state index in [0.717, 1.165) is 26.1 Å². The molecule has 1 amide bonds. The molecule has 2 N–H and O–H groups in total. The summed E-state index contributed by atoms with van der Waals surface area (Å²) in [6, 6.07) is 0.100. The van der Waals surface area contributed by atoms with Gasteiger partial charge in [0.1, 0.15) is 0 Å². The summed E-state index contributed by atoms with van der Waals surface area (Å²) in [5.74, 6) is 0.547. The minimum Gasteiger partial charge on any atom is -0.373 e. The van der Waals surface area contributed by atoms with Crippen molar-refractivity contribution >= 4 is 5.91 Å². The van der Waals surface area contributed by atoms with Crippen molar-refractivity contribution in [3.05, 3.63) is 0 Å². The van der Waals surface area contributed by atoms with Gasteiger partial charge in [0.25, 0.3) is 0 Å². The van der Waals surface area contributed by atoms with Gasteiger partial charge in [0.2, 0.25) is 5.91 Å². The van der Waals surface area contributed by atoms with E-state index in [-0.39, 0.29) is 30.2 Å². The number of nitrogens with zero attached hydrogens (tertiary/aromatic N) is 2. The number of hydrogen-bond donors (Lipinski definition) is 1. The van der Waals surface area contributed by atoms with E-state index in [2.05, 4.69) is 32.6 Å². The lowest BCUT2D eigenvalue weighted by Gasteiger charge is -2.42. The summed E-state index contributed by atoms with van der Waals surface area (Å²) >= 11 is 0. The molecule has 20 heavy (non-hydrogen) atoms. The molecule has 4 atom stereocenters. The lowest BCUT2D eigenvalue weighted by molar-refractivity contribution is -0.144. The largest absolute Gasteiger partial charge is 0.373 e. The lowest BCUT2D eigenvalue weighted by atomic mass is 9.99. The second-order valence-corrected chi connectivity index (χ2v) is 6.73. The van der Waals surface area contributed by atoms with E-state index in [9.17, 15) is 4.79 Å². The Hall–Kier alpha value is -0.650. The van der Waals surface area contributed by atoms with E-state index in [1.807, 2.05) is 4.90 Å². The Morgan fingerprint density at radius 1 is 1.20 bits per heavy atom. The molecule has 2 saturated heterocycles. The average Bonchev–Trinajstić information content (AvgIpc) is 2.74. The molecule has 0 aromatic rings. The number of amides is 1. The molecule has 0 aliphatic carbocycles. The van der Waals surface area contributed by atoms with E-state index in [1.54, 1.807) is 0 Å². The number of hydrogen-bond acceptors (Lipinski definition) is 4. The van der Waals surface area contributed by atoms with Crippen LogP contribution in [0, 0.1) is 5.92 Å². The Bertz CT molecular complexity index is 338. The molecule has 3 unspecified atom stereocenters. The Kier molecular flexibility index (Phi) is 5.04. The fourth-order valence-electron chi connectivity index (χ4n) is 3.48. The summed E-state index contributed by atoms with van der Waals surface area (Å²) in [7, 11) is 0. The van der Waals surface area contributed by atoms with Gasteiger partial charge in [0.05, 0.1) is 18.2 Å². The van der Waals surface area contributed by atoms with Crippen molar-refractivity contribution in [2.24, 2.45) is 11.7 Å². The highest BCUT2D eigenvalue weighted by Crippen LogP contribution is 2.21. The van der Waals surface area contributed by atoms with Crippen molar-refractivity contribution in [3.8, 4) is 0 Å². The first-order valence-electron chi connectivity index (χ1n) is 7.82. The van der Waals surface area contributed by atoms with Crippen LogP contribution in [0.15, 0.2) is 0 Å². The third kappa shape index (κ3) is 3.51. The van der Waals surface area contributed by atoms with Crippen molar-refractivity contribution in [1.82, 2.24) is 9.80 Å². The highest BCUT2D eigenvalue weighted by molar-refractivity contribution is 5.82. The van der Waals surface area contributed by atoms with Crippen LogP contribution in [0.5, 0.6) is 0 Å². The highest BCUT2D eigenvalue weighted by Gasteiger charge is 2.37. The van der Waals surface area contributed by atoms with Crippen molar-refractivity contribution in [2.75, 3.05) is 26.2 Å². The summed E-state index contributed by atoms with van der Waals surface area (Å²) in [6.07, 6.45) is 1.30. The molecule has 2 fully saturated rings. The summed E-state index contributed by atoms with van der Waals surface area (Å²) < 4.78 is 5.78. The summed E-state index contributed by atoms with van der Waals surface area (Å²) in [5.41, 5.74) is 5.93. The first kappa shape index (κ1) is 15.7. The Balaban J connectivity index is 2.08. The van der Waals surface area contributed by atoms with Gasteiger partial charge in [-0.05, 0) is 26.2 Å². The number of likely N-dealkylation sites (tertiary alicyclic amines) is 1. The van der Waals surface area contributed by atoms with Crippen LogP contribution in [-0.4, -0.2) is 66.2 Å². The minimum absolute atomic E-state index is 0.0471. The maximum absolute atomic E-state index is 12.8. The quantitative estimate of drug-likeness (QED) is 0.827. The predicted molar refractivity (Wildman–Crippen MR) is 79.4 cm³/mol. The third-order valence-corrected chi connectivity index (χ3v) is 4.26. The molecule has 116 valence electrons. The van der Waals surface area contributed by atoms with Crippen LogP contribution < -0.4 is 5.73 Å². The number of morpholine rings is 1. The molecule has 5 nitrogen and oxygen atoms in total. The van der Waals surface area contributed by atoms with E-state index in [1.165, 1.54) is 0 Å². The summed E-state index contributed by atoms with van der Waals surface area (Å²) in [4.78, 5) is 17.1. The van der Waals surface area contributed by atoms with E-state index in [0.29, 0.717) is 12.5 Å². The maximum atomic E-state index is 12.8. The summed E-state index contributed by atoms with van der Waals surface area (Å²) in [5, 5.41) is 0. The normalized spacial score (nSPS) is 33.7. The van der Waals surface area contributed by atoms with Crippen LogP contribution in [0.25, 0.3) is 0 Å². The van der Waals surface area contributed by atoms with Gasteiger partial charge in [0, 0.05) is 32.2 Å². The monoisotopic (exact) mass is 283 g/mol. The Morgan fingerprint density at radius 3 is 2.25 bits per heavy atom. The molecule has 2 rings (SSSR count). The van der Waals surface area contributed by atoms with Gasteiger partial charge in [-0.15, -0.1) is 0 Å². The van der Waals surface area contributed by atoms with Crippen molar-refractivity contribution < 1.29 is 9.53 Å². The van der Waals surface area contributed by atoms with Crippen LogP contribution in [0.2, 0.25) is 0 Å². The van der Waals surface area contributed by atoms with Gasteiger partial charge in [-0.1, -0.05) is 13.8 Å². The predicted octanol–water partition coefficient (Wildman–Crippen LogP) is 0.680. The number of carbonyl (C=O) groups excluding carboxylic acids is 1. The zero-order valence-corrected chi connectivity index (χ0v) is 13.2. The summed E-state index contributed by atoms with van der Waals surface area (Å²) in [6.45, 7) is 11.6. The van der Waals surface area contributed by atoms with Crippen LogP contribution in [0.1, 0.15) is 34.1 Å². The number of ether oxygens (including phenoxy) is 1. The SMILES string of the molecule is CC1CN(C(C(=O)N2CC[C@@H](N)C2)C(C)C)CC(C)O1. The topological polar surface area (TPSA) is 58.8 Å². The molecule has 2 aliphatic rings. The standard InChI is InChI=1S/C15H29N3O2/c1-10(2)14(15(19)17-6-5-13(16)9-17)18-7-11(3)20-12(4)8-18/h10-14H,5-9,16H2,1-4H3/t11?,12?,13-,14?/m1/s1. The maximum Gasteiger partial charge on any atom is 0.240 e. The van der Waals surface area contributed by atoms with E-state index >= 15 is 0 Å². The number of nitrogens with two attached hydrogens (primary N) is 1. The molecule has 2 heterocycles. The minimum atomic E-state index is -0.0471. The number of rotatable bonds is 3.